The number of amides is 1. The van der Waals surface area contributed by atoms with Gasteiger partial charge in [-0.15, -0.1) is 12.4 Å². The minimum absolute atomic E-state index is 0. The Hall–Kier alpha value is -1.85. The number of benzene rings is 1. The summed E-state index contributed by atoms with van der Waals surface area (Å²) >= 11 is 0. The molecule has 1 fully saturated rings. The summed E-state index contributed by atoms with van der Waals surface area (Å²) in [7, 11) is 0. The molecule has 0 radical (unpaired) electrons. The highest BCUT2D eigenvalue weighted by Gasteiger charge is 2.18. The Bertz CT molecular complexity index is 637. The van der Waals surface area contributed by atoms with E-state index in [2.05, 4.69) is 10.3 Å². The predicted molar refractivity (Wildman–Crippen MR) is 91.7 cm³/mol. The summed E-state index contributed by atoms with van der Waals surface area (Å²) in [6.45, 7) is 5.27. The highest BCUT2D eigenvalue weighted by atomic mass is 35.5. The number of hydrogen-bond acceptors (Lipinski definition) is 4. The minimum Gasteiger partial charge on any atom is -0.440 e. The third-order valence-corrected chi connectivity index (χ3v) is 3.90. The van der Waals surface area contributed by atoms with Crippen LogP contribution >= 0.6 is 12.4 Å². The first-order valence-corrected chi connectivity index (χ1v) is 7.74. The molecular formula is C17H22ClN3O2. The molecule has 1 aromatic heterocycles. The Morgan fingerprint density at radius 2 is 1.96 bits per heavy atom. The van der Waals surface area contributed by atoms with Gasteiger partial charge in [-0.1, -0.05) is 30.3 Å². The van der Waals surface area contributed by atoms with Crippen LogP contribution in [0.1, 0.15) is 18.0 Å². The summed E-state index contributed by atoms with van der Waals surface area (Å²) in [5.41, 5.74) is 1.89. The van der Waals surface area contributed by atoms with Crippen molar-refractivity contribution >= 4 is 18.3 Å². The van der Waals surface area contributed by atoms with E-state index in [1.54, 1.807) is 0 Å². The molecule has 2 heterocycles. The maximum Gasteiger partial charge on any atom is 0.223 e. The summed E-state index contributed by atoms with van der Waals surface area (Å²) < 4.78 is 5.84. The van der Waals surface area contributed by atoms with Gasteiger partial charge in [0.2, 0.25) is 5.91 Å². The minimum atomic E-state index is 0. The van der Waals surface area contributed by atoms with E-state index in [1.807, 2.05) is 42.2 Å². The van der Waals surface area contributed by atoms with E-state index in [-0.39, 0.29) is 18.3 Å². The van der Waals surface area contributed by atoms with Crippen LogP contribution in [0.25, 0.3) is 11.3 Å². The van der Waals surface area contributed by atoms with Gasteiger partial charge >= 0.3 is 0 Å². The molecule has 0 atom stereocenters. The average Bonchev–Trinajstić information content (AvgIpc) is 2.95. The number of carbonyl (C=O) groups is 1. The fourth-order valence-electron chi connectivity index (χ4n) is 2.70. The van der Waals surface area contributed by atoms with Crippen molar-refractivity contribution in [2.24, 2.45) is 0 Å². The summed E-state index contributed by atoms with van der Waals surface area (Å²) in [6.07, 6.45) is 1.00. The first-order valence-electron chi connectivity index (χ1n) is 7.74. The number of rotatable bonds is 4. The molecule has 3 rings (SSSR count). The van der Waals surface area contributed by atoms with Crippen molar-refractivity contribution in [1.82, 2.24) is 15.2 Å². The van der Waals surface area contributed by atoms with Crippen molar-refractivity contribution in [2.45, 2.75) is 19.8 Å². The molecule has 23 heavy (non-hydrogen) atoms. The van der Waals surface area contributed by atoms with Gasteiger partial charge in [0.25, 0.3) is 0 Å². The third-order valence-electron chi connectivity index (χ3n) is 3.90. The Balaban J connectivity index is 0.00000192. The molecule has 0 spiro atoms. The van der Waals surface area contributed by atoms with Crippen LogP contribution in [0.15, 0.2) is 34.7 Å². The number of hydrogen-bond donors (Lipinski definition) is 1. The molecule has 5 nitrogen and oxygen atoms in total. The van der Waals surface area contributed by atoms with E-state index in [0.29, 0.717) is 18.7 Å². The van der Waals surface area contributed by atoms with Gasteiger partial charge in [0, 0.05) is 44.6 Å². The van der Waals surface area contributed by atoms with Crippen LogP contribution in [0, 0.1) is 6.92 Å². The van der Waals surface area contributed by atoms with Crippen LogP contribution in [0.2, 0.25) is 0 Å². The zero-order valence-electron chi connectivity index (χ0n) is 13.2. The van der Waals surface area contributed by atoms with Crippen molar-refractivity contribution in [3.8, 4) is 11.3 Å². The van der Waals surface area contributed by atoms with Gasteiger partial charge in [0.1, 0.15) is 0 Å². The number of aryl methyl sites for hydroxylation is 2. The number of halogens is 1. The van der Waals surface area contributed by atoms with Crippen molar-refractivity contribution in [1.29, 1.82) is 0 Å². The molecule has 0 saturated carbocycles. The summed E-state index contributed by atoms with van der Waals surface area (Å²) in [5, 5.41) is 3.25. The number of carbonyl (C=O) groups excluding carboxylic acids is 1. The number of aromatic nitrogens is 1. The normalized spacial score (nSPS) is 14.4. The molecule has 1 aliphatic rings. The molecule has 1 aliphatic heterocycles. The SMILES string of the molecule is Cc1nc(CCC(=O)N2CCNCC2)oc1-c1ccccc1.Cl. The Morgan fingerprint density at radius 1 is 1.26 bits per heavy atom. The van der Waals surface area contributed by atoms with E-state index in [4.69, 9.17) is 4.42 Å². The quantitative estimate of drug-likeness (QED) is 0.932. The van der Waals surface area contributed by atoms with Gasteiger partial charge in [-0.2, -0.15) is 0 Å². The van der Waals surface area contributed by atoms with E-state index in [0.717, 1.165) is 43.2 Å². The van der Waals surface area contributed by atoms with Crippen molar-refractivity contribution < 1.29 is 9.21 Å². The van der Waals surface area contributed by atoms with Gasteiger partial charge in [-0.05, 0) is 6.92 Å². The highest BCUT2D eigenvalue weighted by Crippen LogP contribution is 2.24. The van der Waals surface area contributed by atoms with E-state index in [1.165, 1.54) is 0 Å². The first-order chi connectivity index (χ1) is 10.7. The predicted octanol–water partition coefficient (Wildman–Crippen LogP) is 2.44. The molecule has 2 aromatic rings. The largest absolute Gasteiger partial charge is 0.440 e. The number of nitrogens with one attached hydrogen (secondary N) is 1. The smallest absolute Gasteiger partial charge is 0.223 e. The van der Waals surface area contributed by atoms with Crippen LogP contribution < -0.4 is 5.32 Å². The molecule has 0 unspecified atom stereocenters. The lowest BCUT2D eigenvalue weighted by Crippen LogP contribution is -2.46. The topological polar surface area (TPSA) is 58.4 Å². The van der Waals surface area contributed by atoms with Crippen LogP contribution in [-0.4, -0.2) is 42.0 Å². The molecule has 1 saturated heterocycles. The second-order valence-corrected chi connectivity index (χ2v) is 5.52. The molecule has 1 amide bonds. The van der Waals surface area contributed by atoms with Gasteiger partial charge in [-0.25, -0.2) is 4.98 Å². The van der Waals surface area contributed by atoms with Crippen molar-refractivity contribution in [2.75, 3.05) is 26.2 Å². The Morgan fingerprint density at radius 3 is 2.65 bits per heavy atom. The first kappa shape index (κ1) is 17.5. The highest BCUT2D eigenvalue weighted by molar-refractivity contribution is 5.85. The lowest BCUT2D eigenvalue weighted by atomic mass is 10.1. The Kier molecular flexibility index (Phi) is 6.19. The Labute approximate surface area is 142 Å². The van der Waals surface area contributed by atoms with Crippen LogP contribution in [0.4, 0.5) is 0 Å². The van der Waals surface area contributed by atoms with Crippen LogP contribution in [0.3, 0.4) is 0 Å². The molecular weight excluding hydrogens is 314 g/mol. The molecule has 1 N–H and O–H groups in total. The molecule has 0 aliphatic carbocycles. The summed E-state index contributed by atoms with van der Waals surface area (Å²) in [5.74, 6) is 1.61. The zero-order chi connectivity index (χ0) is 15.4. The number of piperazine rings is 1. The van der Waals surface area contributed by atoms with Gasteiger partial charge in [0.15, 0.2) is 11.7 Å². The summed E-state index contributed by atoms with van der Waals surface area (Å²) in [4.78, 5) is 18.5. The van der Waals surface area contributed by atoms with E-state index < -0.39 is 0 Å². The molecule has 0 bridgehead atoms. The maximum atomic E-state index is 12.2. The van der Waals surface area contributed by atoms with Crippen molar-refractivity contribution in [3.63, 3.8) is 0 Å². The lowest BCUT2D eigenvalue weighted by molar-refractivity contribution is -0.131. The zero-order valence-corrected chi connectivity index (χ0v) is 14.1. The molecule has 1 aromatic carbocycles. The average molecular weight is 336 g/mol. The summed E-state index contributed by atoms with van der Waals surface area (Å²) in [6, 6.07) is 9.93. The van der Waals surface area contributed by atoms with Gasteiger partial charge in [-0.3, -0.25) is 4.79 Å². The third kappa shape index (κ3) is 4.33. The monoisotopic (exact) mass is 335 g/mol. The number of nitrogens with zero attached hydrogens (tertiary/aromatic N) is 2. The van der Waals surface area contributed by atoms with E-state index >= 15 is 0 Å². The standard InChI is InChI=1S/C17H21N3O2.ClH/c1-13-17(14-5-3-2-4-6-14)22-15(19-13)7-8-16(21)20-11-9-18-10-12-20;/h2-6,18H,7-12H2,1H3;1H. The lowest BCUT2D eigenvalue weighted by Gasteiger charge is -2.27. The maximum absolute atomic E-state index is 12.2. The van der Waals surface area contributed by atoms with Gasteiger partial charge in [0.05, 0.1) is 5.69 Å². The van der Waals surface area contributed by atoms with Crippen LogP contribution in [0.5, 0.6) is 0 Å². The van der Waals surface area contributed by atoms with Crippen molar-refractivity contribution in [3.05, 3.63) is 41.9 Å². The fraction of sp³-hybridized carbons (Fsp3) is 0.412. The second-order valence-electron chi connectivity index (χ2n) is 5.52. The van der Waals surface area contributed by atoms with Crippen LogP contribution in [-0.2, 0) is 11.2 Å². The van der Waals surface area contributed by atoms with Gasteiger partial charge < -0.3 is 14.6 Å². The van der Waals surface area contributed by atoms with E-state index in [9.17, 15) is 4.79 Å². The molecule has 6 heteroatoms. The molecule has 124 valence electrons. The second kappa shape index (κ2) is 8.13. The fourth-order valence-corrected chi connectivity index (χ4v) is 2.70. The number of oxazole rings is 1.